The van der Waals surface area contributed by atoms with Crippen molar-refractivity contribution in [3.63, 3.8) is 0 Å². The molecule has 2 fully saturated rings. The van der Waals surface area contributed by atoms with Crippen LogP contribution in [0.2, 0.25) is 0 Å². The van der Waals surface area contributed by atoms with E-state index in [-0.39, 0.29) is 18.7 Å². The lowest BCUT2D eigenvalue weighted by atomic mass is 10.1. The van der Waals surface area contributed by atoms with Crippen LogP contribution in [-0.2, 0) is 20.7 Å². The zero-order chi connectivity index (χ0) is 29.1. The standard InChI is InChI=1S/C33H40N4O5/c1-23-24(2)31(23)42-33(39)41-22-37-30(38)15-13-26-12-14-29(34-32(26)37)40-21-6-5-16-35-17-19-36(20-18-35)28-11-7-9-25-8-3-4-10-27(25)28/h3-4,7-12,14,23-24,31H,5-6,13,15-22H2,1-2H3/t23-,24?,31?/m0/s1. The summed E-state index contributed by atoms with van der Waals surface area (Å²) in [5, 5.41) is 2.61. The van der Waals surface area contributed by atoms with Crippen LogP contribution < -0.4 is 14.5 Å². The number of nitrogens with zero attached hydrogens (tertiary/aromatic N) is 4. The monoisotopic (exact) mass is 572 g/mol. The van der Waals surface area contributed by atoms with Crippen LogP contribution in [-0.4, -0.2) is 74.1 Å². The molecule has 222 valence electrons. The summed E-state index contributed by atoms with van der Waals surface area (Å²) in [6.07, 6.45) is 2.04. The first kappa shape index (κ1) is 28.3. The number of piperazine rings is 1. The van der Waals surface area contributed by atoms with E-state index in [4.69, 9.17) is 14.2 Å². The van der Waals surface area contributed by atoms with E-state index in [0.29, 0.717) is 43.0 Å². The highest BCUT2D eigenvalue weighted by Gasteiger charge is 2.47. The quantitative estimate of drug-likeness (QED) is 0.240. The number of benzene rings is 2. The summed E-state index contributed by atoms with van der Waals surface area (Å²) in [4.78, 5) is 35.8. The zero-order valence-corrected chi connectivity index (χ0v) is 24.5. The molecular weight excluding hydrogens is 532 g/mol. The van der Waals surface area contributed by atoms with Gasteiger partial charge < -0.3 is 19.1 Å². The van der Waals surface area contributed by atoms with Gasteiger partial charge in [0.05, 0.1) is 6.61 Å². The number of fused-ring (bicyclic) bond motifs is 2. The van der Waals surface area contributed by atoms with Gasteiger partial charge in [0.1, 0.15) is 11.9 Å². The Labute approximate surface area is 247 Å². The maximum absolute atomic E-state index is 12.6. The molecule has 9 heteroatoms. The van der Waals surface area contributed by atoms with Gasteiger partial charge in [0.25, 0.3) is 0 Å². The van der Waals surface area contributed by atoms with Crippen molar-refractivity contribution < 1.29 is 23.8 Å². The number of hydrogen-bond acceptors (Lipinski definition) is 8. The number of aromatic nitrogens is 1. The largest absolute Gasteiger partial charge is 0.510 e. The van der Waals surface area contributed by atoms with Crippen molar-refractivity contribution in [1.29, 1.82) is 0 Å². The molecule has 0 bridgehead atoms. The van der Waals surface area contributed by atoms with Crippen molar-refractivity contribution in [2.75, 3.05) is 55.9 Å². The smallest absolute Gasteiger partial charge is 0.478 e. The molecule has 0 radical (unpaired) electrons. The maximum atomic E-state index is 12.6. The third-order valence-electron chi connectivity index (χ3n) is 8.96. The number of anilines is 2. The van der Waals surface area contributed by atoms with Gasteiger partial charge >= 0.3 is 6.16 Å². The summed E-state index contributed by atoms with van der Waals surface area (Å²) in [5.74, 6) is 1.51. The first-order chi connectivity index (χ1) is 20.5. The van der Waals surface area contributed by atoms with E-state index in [1.54, 1.807) is 0 Å². The molecule has 2 aromatic carbocycles. The average Bonchev–Trinajstić information content (AvgIpc) is 3.58. The molecule has 3 aliphatic rings. The first-order valence-electron chi connectivity index (χ1n) is 15.2. The third-order valence-corrected chi connectivity index (χ3v) is 8.96. The second-order valence-corrected chi connectivity index (χ2v) is 11.7. The zero-order valence-electron chi connectivity index (χ0n) is 24.5. The Morgan fingerprint density at radius 2 is 1.71 bits per heavy atom. The van der Waals surface area contributed by atoms with Crippen LogP contribution in [0.15, 0.2) is 54.6 Å². The van der Waals surface area contributed by atoms with Crippen LogP contribution in [0.4, 0.5) is 16.3 Å². The number of unbranched alkanes of at least 4 members (excludes halogenated alkanes) is 1. The SMILES string of the molecule is CC1C(OC(=O)OCN2C(=O)CCc3ccc(OCCCCN4CCN(c5cccc6ccccc56)CC4)nc32)[C@H]1C. The number of carbonyl (C=O) groups is 2. The molecule has 9 nitrogen and oxygen atoms in total. The van der Waals surface area contributed by atoms with E-state index in [0.717, 1.165) is 51.1 Å². The van der Waals surface area contributed by atoms with Crippen molar-refractivity contribution in [2.45, 2.75) is 45.6 Å². The lowest BCUT2D eigenvalue weighted by Gasteiger charge is -2.36. The number of ether oxygens (including phenoxy) is 3. The average molecular weight is 573 g/mol. The summed E-state index contributed by atoms with van der Waals surface area (Å²) in [6.45, 7) is 9.60. The molecule has 1 amide bonds. The normalized spacial score (nSPS) is 22.1. The lowest BCUT2D eigenvalue weighted by Crippen LogP contribution is -2.46. The van der Waals surface area contributed by atoms with E-state index >= 15 is 0 Å². The summed E-state index contributed by atoms with van der Waals surface area (Å²) in [7, 11) is 0. The van der Waals surface area contributed by atoms with Crippen LogP contribution in [0.5, 0.6) is 5.88 Å². The van der Waals surface area contributed by atoms with E-state index in [2.05, 4.69) is 57.2 Å². The summed E-state index contributed by atoms with van der Waals surface area (Å²) >= 11 is 0. The minimum atomic E-state index is -0.751. The minimum absolute atomic E-state index is 0.111. The Bertz CT molecular complexity index is 1410. The molecule has 6 rings (SSSR count). The van der Waals surface area contributed by atoms with E-state index in [1.165, 1.54) is 21.4 Å². The molecule has 0 spiro atoms. The van der Waals surface area contributed by atoms with Crippen LogP contribution in [0.1, 0.15) is 38.7 Å². The highest BCUT2D eigenvalue weighted by molar-refractivity contribution is 5.95. The first-order valence-corrected chi connectivity index (χ1v) is 15.2. The highest BCUT2D eigenvalue weighted by Crippen LogP contribution is 2.41. The number of amides is 1. The number of aryl methyl sites for hydroxylation is 1. The lowest BCUT2D eigenvalue weighted by molar-refractivity contribution is -0.119. The Hall–Kier alpha value is -3.85. The molecule has 3 aromatic rings. The van der Waals surface area contributed by atoms with Crippen molar-refractivity contribution in [2.24, 2.45) is 11.8 Å². The van der Waals surface area contributed by atoms with Crippen LogP contribution in [0, 0.1) is 11.8 Å². The molecule has 3 heterocycles. The molecule has 2 aliphatic heterocycles. The molecule has 1 saturated carbocycles. The molecule has 1 saturated heterocycles. The Morgan fingerprint density at radius 1 is 0.929 bits per heavy atom. The van der Waals surface area contributed by atoms with Gasteiger partial charge in [-0.25, -0.2) is 4.79 Å². The Kier molecular flexibility index (Phi) is 8.46. The highest BCUT2D eigenvalue weighted by atomic mass is 16.7. The maximum Gasteiger partial charge on any atom is 0.510 e. The minimum Gasteiger partial charge on any atom is -0.478 e. The number of carbonyl (C=O) groups excluding carboxylic acids is 2. The molecule has 1 aliphatic carbocycles. The van der Waals surface area contributed by atoms with Crippen molar-refractivity contribution in [3.05, 3.63) is 60.2 Å². The molecular formula is C33H40N4O5. The third kappa shape index (κ3) is 6.31. The van der Waals surface area contributed by atoms with Gasteiger partial charge in [-0.2, -0.15) is 4.98 Å². The van der Waals surface area contributed by atoms with Crippen molar-refractivity contribution in [3.8, 4) is 5.88 Å². The summed E-state index contributed by atoms with van der Waals surface area (Å²) in [5.41, 5.74) is 2.26. The Morgan fingerprint density at radius 3 is 2.52 bits per heavy atom. The molecule has 0 N–H and O–H groups in total. The molecule has 3 atom stereocenters. The van der Waals surface area contributed by atoms with Crippen molar-refractivity contribution >= 4 is 34.3 Å². The summed E-state index contributed by atoms with van der Waals surface area (Å²) < 4.78 is 16.6. The van der Waals surface area contributed by atoms with Crippen molar-refractivity contribution in [1.82, 2.24) is 9.88 Å². The fourth-order valence-electron chi connectivity index (χ4n) is 6.00. The van der Waals surface area contributed by atoms with Crippen LogP contribution in [0.3, 0.4) is 0 Å². The predicted molar refractivity (Wildman–Crippen MR) is 162 cm³/mol. The summed E-state index contributed by atoms with van der Waals surface area (Å²) in [6, 6.07) is 19.0. The van der Waals surface area contributed by atoms with Gasteiger partial charge in [0.2, 0.25) is 11.8 Å². The number of hydrogen-bond donors (Lipinski definition) is 0. The van der Waals surface area contributed by atoms with E-state index in [9.17, 15) is 9.59 Å². The van der Waals surface area contributed by atoms with E-state index in [1.807, 2.05) is 26.0 Å². The second kappa shape index (κ2) is 12.6. The Balaban J connectivity index is 0.937. The van der Waals surface area contributed by atoms with Gasteiger partial charge in [0.15, 0.2) is 6.73 Å². The van der Waals surface area contributed by atoms with E-state index < -0.39 is 6.16 Å². The fourth-order valence-corrected chi connectivity index (χ4v) is 6.00. The van der Waals surface area contributed by atoms with Crippen LogP contribution >= 0.6 is 0 Å². The molecule has 1 aromatic heterocycles. The molecule has 2 unspecified atom stereocenters. The fraction of sp³-hybridized carbons (Fsp3) is 0.485. The van der Waals surface area contributed by atoms with Gasteiger partial charge in [0, 0.05) is 49.7 Å². The van der Waals surface area contributed by atoms with Gasteiger partial charge in [-0.3, -0.25) is 14.6 Å². The van der Waals surface area contributed by atoms with Crippen LogP contribution in [0.25, 0.3) is 10.8 Å². The van der Waals surface area contributed by atoms with Gasteiger partial charge in [-0.1, -0.05) is 50.2 Å². The second-order valence-electron chi connectivity index (χ2n) is 11.7. The van der Waals surface area contributed by atoms with Gasteiger partial charge in [-0.05, 0) is 60.7 Å². The predicted octanol–water partition coefficient (Wildman–Crippen LogP) is 5.26. The number of rotatable bonds is 10. The topological polar surface area (TPSA) is 84.4 Å². The number of pyridine rings is 1. The van der Waals surface area contributed by atoms with Gasteiger partial charge in [-0.15, -0.1) is 0 Å². The molecule has 42 heavy (non-hydrogen) atoms.